The predicted octanol–water partition coefficient (Wildman–Crippen LogP) is 4.85. The molecule has 1 heterocycles. The number of anilines is 1. The van der Waals surface area contributed by atoms with Gasteiger partial charge in [0.2, 0.25) is 0 Å². The molecule has 3 nitrogen and oxygen atoms in total. The van der Waals surface area contributed by atoms with Crippen LogP contribution in [0.15, 0.2) is 48.5 Å². The predicted molar refractivity (Wildman–Crippen MR) is 83.7 cm³/mol. The maximum atomic E-state index is 13.4. The number of fused-ring (bicyclic) bond motifs is 1. The number of carbonyl (C=O) groups is 1. The second-order valence-corrected chi connectivity index (χ2v) is 5.86. The quantitative estimate of drug-likeness (QED) is 0.739. The molecule has 0 bridgehead atoms. The maximum absolute atomic E-state index is 13.4. The van der Waals surface area contributed by atoms with Crippen LogP contribution in [0.5, 0.6) is 0 Å². The molecule has 0 saturated heterocycles. The van der Waals surface area contributed by atoms with Crippen LogP contribution in [0.25, 0.3) is 0 Å². The number of nitrogens with zero attached hydrogens (tertiary/aromatic N) is 1. The molecule has 0 spiro atoms. The van der Waals surface area contributed by atoms with Crippen molar-refractivity contribution in [3.05, 3.63) is 65.5 Å². The highest BCUT2D eigenvalue weighted by molar-refractivity contribution is 5.91. The van der Waals surface area contributed by atoms with E-state index < -0.39 is 30.5 Å². The zero-order valence-electron chi connectivity index (χ0n) is 13.1. The third-order valence-electron chi connectivity index (χ3n) is 3.99. The van der Waals surface area contributed by atoms with Crippen molar-refractivity contribution in [2.24, 2.45) is 0 Å². The summed E-state index contributed by atoms with van der Waals surface area (Å²) in [6, 6.07) is 11.3. The van der Waals surface area contributed by atoms with Crippen LogP contribution in [0.3, 0.4) is 0 Å². The van der Waals surface area contributed by atoms with Crippen LogP contribution in [0.4, 0.5) is 28.0 Å². The van der Waals surface area contributed by atoms with Crippen LogP contribution in [0.1, 0.15) is 17.5 Å². The number of carbonyl (C=O) groups excluding carboxylic acids is 1. The summed E-state index contributed by atoms with van der Waals surface area (Å²) in [5.74, 6) is -0.552. The van der Waals surface area contributed by atoms with E-state index in [1.165, 1.54) is 6.07 Å². The summed E-state index contributed by atoms with van der Waals surface area (Å²) in [6.45, 7) is -0.0502. The maximum Gasteiger partial charge on any atom is 0.414 e. The van der Waals surface area contributed by atoms with E-state index >= 15 is 0 Å². The van der Waals surface area contributed by atoms with Crippen molar-refractivity contribution in [2.75, 3.05) is 4.90 Å². The van der Waals surface area contributed by atoms with Gasteiger partial charge in [0.1, 0.15) is 12.4 Å². The van der Waals surface area contributed by atoms with Crippen molar-refractivity contribution in [1.82, 2.24) is 0 Å². The Morgan fingerprint density at radius 2 is 1.88 bits per heavy atom. The molecule has 2 aromatic rings. The molecule has 0 aliphatic carbocycles. The minimum absolute atomic E-state index is 0.0502. The number of benzene rings is 2. The Balaban J connectivity index is 1.80. The first-order valence-corrected chi connectivity index (χ1v) is 7.68. The second-order valence-electron chi connectivity index (χ2n) is 5.86. The van der Waals surface area contributed by atoms with E-state index in [9.17, 15) is 22.4 Å². The van der Waals surface area contributed by atoms with Gasteiger partial charge in [-0.3, -0.25) is 4.90 Å². The number of amides is 1. The molecule has 1 atom stereocenters. The highest BCUT2D eigenvalue weighted by Crippen LogP contribution is 2.38. The van der Waals surface area contributed by atoms with Crippen LogP contribution < -0.4 is 4.90 Å². The number of rotatable bonds is 3. The molecule has 25 heavy (non-hydrogen) atoms. The van der Waals surface area contributed by atoms with Gasteiger partial charge in [-0.15, -0.1) is 0 Å². The molecule has 2 aromatic carbocycles. The average Bonchev–Trinajstić information content (AvgIpc) is 2.88. The normalized spacial score (nSPS) is 16.6. The fourth-order valence-electron chi connectivity index (χ4n) is 2.96. The number of halogens is 4. The van der Waals surface area contributed by atoms with Crippen molar-refractivity contribution in [3.8, 4) is 0 Å². The molecule has 0 radical (unpaired) electrons. The third kappa shape index (κ3) is 4.10. The minimum atomic E-state index is -4.44. The highest BCUT2D eigenvalue weighted by Gasteiger charge is 2.42. The lowest BCUT2D eigenvalue weighted by molar-refractivity contribution is -0.137. The van der Waals surface area contributed by atoms with Crippen molar-refractivity contribution < 1.29 is 27.1 Å². The van der Waals surface area contributed by atoms with Gasteiger partial charge in [0.05, 0.1) is 18.2 Å². The topological polar surface area (TPSA) is 29.5 Å². The number of hydrogen-bond donors (Lipinski definition) is 0. The van der Waals surface area contributed by atoms with E-state index in [2.05, 4.69) is 0 Å². The van der Waals surface area contributed by atoms with Crippen LogP contribution in [0, 0.1) is 5.82 Å². The minimum Gasteiger partial charge on any atom is -0.444 e. The summed E-state index contributed by atoms with van der Waals surface area (Å²) >= 11 is 0. The lowest BCUT2D eigenvalue weighted by Gasteiger charge is -2.25. The molecule has 1 aliphatic rings. The van der Waals surface area contributed by atoms with Gasteiger partial charge in [0, 0.05) is 0 Å². The molecule has 1 amide bonds. The summed E-state index contributed by atoms with van der Waals surface area (Å²) in [5.41, 5.74) is 1.35. The zero-order chi connectivity index (χ0) is 18.0. The average molecular weight is 353 g/mol. The number of hydrogen-bond acceptors (Lipinski definition) is 2. The monoisotopic (exact) mass is 353 g/mol. The van der Waals surface area contributed by atoms with Crippen molar-refractivity contribution in [2.45, 2.75) is 31.7 Å². The van der Waals surface area contributed by atoms with Gasteiger partial charge >= 0.3 is 12.3 Å². The number of ether oxygens (including phenoxy) is 1. The van der Waals surface area contributed by atoms with Crippen LogP contribution >= 0.6 is 0 Å². The molecule has 0 N–H and O–H groups in total. The lowest BCUT2D eigenvalue weighted by atomic mass is 10.1. The number of alkyl halides is 3. The van der Waals surface area contributed by atoms with Crippen LogP contribution in [-0.4, -0.2) is 18.3 Å². The Bertz CT molecular complexity index is 761. The molecule has 0 aromatic heterocycles. The zero-order valence-corrected chi connectivity index (χ0v) is 13.1. The Kier molecular flexibility index (Phi) is 4.65. The first-order chi connectivity index (χ1) is 11.8. The van der Waals surface area contributed by atoms with E-state index in [0.717, 1.165) is 22.6 Å². The molecular weight excluding hydrogens is 338 g/mol. The van der Waals surface area contributed by atoms with Crippen LogP contribution in [-0.2, 0) is 17.8 Å². The van der Waals surface area contributed by atoms with E-state index in [-0.39, 0.29) is 18.7 Å². The Hall–Kier alpha value is -2.57. The molecule has 7 heteroatoms. The molecule has 3 rings (SSSR count). The van der Waals surface area contributed by atoms with Gasteiger partial charge in [-0.2, -0.15) is 13.2 Å². The Labute approximate surface area is 141 Å². The third-order valence-corrected chi connectivity index (χ3v) is 3.99. The van der Waals surface area contributed by atoms with Crippen molar-refractivity contribution in [1.29, 1.82) is 0 Å². The Morgan fingerprint density at radius 3 is 2.56 bits per heavy atom. The molecule has 0 saturated carbocycles. The van der Waals surface area contributed by atoms with Crippen LogP contribution in [0.2, 0.25) is 0 Å². The Morgan fingerprint density at radius 1 is 1.16 bits per heavy atom. The van der Waals surface area contributed by atoms with Gasteiger partial charge in [-0.1, -0.05) is 30.3 Å². The second kappa shape index (κ2) is 6.74. The molecule has 132 valence electrons. The van der Waals surface area contributed by atoms with Crippen molar-refractivity contribution in [3.63, 3.8) is 0 Å². The summed E-state index contributed by atoms with van der Waals surface area (Å²) in [4.78, 5) is 13.4. The lowest BCUT2D eigenvalue weighted by Crippen LogP contribution is -2.40. The van der Waals surface area contributed by atoms with Gasteiger partial charge in [-0.05, 0) is 35.7 Å². The van der Waals surface area contributed by atoms with Gasteiger partial charge < -0.3 is 4.74 Å². The fourth-order valence-corrected chi connectivity index (χ4v) is 2.96. The van der Waals surface area contributed by atoms with Gasteiger partial charge in [-0.25, -0.2) is 9.18 Å². The largest absolute Gasteiger partial charge is 0.444 e. The first kappa shape index (κ1) is 17.3. The van der Waals surface area contributed by atoms with Crippen molar-refractivity contribution >= 4 is 11.8 Å². The first-order valence-electron chi connectivity index (χ1n) is 7.68. The van der Waals surface area contributed by atoms with Gasteiger partial charge in [0.15, 0.2) is 0 Å². The van der Waals surface area contributed by atoms with Gasteiger partial charge in [0.25, 0.3) is 0 Å². The summed E-state index contributed by atoms with van der Waals surface area (Å²) in [6.07, 6.45) is -6.55. The van der Waals surface area contributed by atoms with E-state index in [1.807, 2.05) is 0 Å². The summed E-state index contributed by atoms with van der Waals surface area (Å²) in [5, 5.41) is 0. The molecule has 1 aliphatic heterocycles. The van der Waals surface area contributed by atoms with E-state index in [0.29, 0.717) is 5.56 Å². The SMILES string of the molecule is O=C(OCc1ccccc1)N1c2ccc(F)cc2CC1CC(F)(F)F. The van der Waals surface area contributed by atoms with E-state index in [4.69, 9.17) is 4.74 Å². The smallest absolute Gasteiger partial charge is 0.414 e. The molecule has 0 fully saturated rings. The highest BCUT2D eigenvalue weighted by atomic mass is 19.4. The standard InChI is InChI=1S/C18H15F4NO2/c19-14-6-7-16-13(8-14)9-15(10-18(20,21)22)23(16)17(24)25-11-12-4-2-1-3-5-12/h1-8,15H,9-11H2. The fraction of sp³-hybridized carbons (Fsp3) is 0.278. The molecule has 1 unspecified atom stereocenters. The summed E-state index contributed by atoms with van der Waals surface area (Å²) in [7, 11) is 0. The molecular formula is C18H15F4NO2. The van der Waals surface area contributed by atoms with E-state index in [1.54, 1.807) is 30.3 Å². The summed E-state index contributed by atoms with van der Waals surface area (Å²) < 4.78 is 57.1.